The van der Waals surface area contributed by atoms with Gasteiger partial charge in [-0.25, -0.2) is 0 Å². The summed E-state index contributed by atoms with van der Waals surface area (Å²) in [7, 11) is 0. The highest BCUT2D eigenvalue weighted by Crippen LogP contribution is 2.54. The average Bonchev–Trinajstić information content (AvgIpc) is 3.75. The van der Waals surface area contributed by atoms with Crippen molar-refractivity contribution in [3.63, 3.8) is 0 Å². The van der Waals surface area contributed by atoms with Gasteiger partial charge in [0.1, 0.15) is 11.2 Å². The van der Waals surface area contributed by atoms with Crippen molar-refractivity contribution in [2.45, 2.75) is 0 Å². The van der Waals surface area contributed by atoms with Crippen molar-refractivity contribution in [1.82, 2.24) is 4.57 Å². The summed E-state index contributed by atoms with van der Waals surface area (Å²) in [5.74, 6) is 0. The first-order valence-corrected chi connectivity index (χ1v) is 17.9. The van der Waals surface area contributed by atoms with Crippen LogP contribution in [0.25, 0.3) is 115 Å². The minimum absolute atomic E-state index is 0.912. The SMILES string of the molecule is c1ccc(-c2c3ccccc3c(-c3cccc4oc5ccccc5c34)c3cc4c(cc23)-c2cc(-n3c5ccccc5c5ccccc53)ccc2-4)cc1. The van der Waals surface area contributed by atoms with E-state index in [0.29, 0.717) is 0 Å². The molecule has 52 heavy (non-hydrogen) atoms. The fourth-order valence-corrected chi connectivity index (χ4v) is 9.12. The van der Waals surface area contributed by atoms with E-state index in [1.807, 2.05) is 6.07 Å². The Bertz CT molecular complexity index is 3230. The van der Waals surface area contributed by atoms with Crippen LogP contribution in [0.5, 0.6) is 0 Å². The van der Waals surface area contributed by atoms with Crippen molar-refractivity contribution in [1.29, 1.82) is 0 Å². The predicted molar refractivity (Wildman–Crippen MR) is 218 cm³/mol. The van der Waals surface area contributed by atoms with Gasteiger partial charge in [0.15, 0.2) is 0 Å². The number of hydrogen-bond donors (Lipinski definition) is 0. The van der Waals surface area contributed by atoms with Crippen LogP contribution in [0.4, 0.5) is 0 Å². The van der Waals surface area contributed by atoms with Crippen LogP contribution >= 0.6 is 0 Å². The van der Waals surface area contributed by atoms with E-state index in [1.165, 1.54) is 93.5 Å². The molecule has 240 valence electrons. The molecule has 2 nitrogen and oxygen atoms in total. The molecule has 0 amide bonds. The number of aromatic nitrogens is 1. The Morgan fingerprint density at radius 1 is 0.327 bits per heavy atom. The maximum absolute atomic E-state index is 6.43. The third-order valence-electron chi connectivity index (χ3n) is 11.3. The summed E-state index contributed by atoms with van der Waals surface area (Å²) in [6.45, 7) is 0. The molecule has 2 heteroatoms. The molecule has 11 aromatic rings. The van der Waals surface area contributed by atoms with Gasteiger partial charge >= 0.3 is 0 Å². The lowest BCUT2D eigenvalue weighted by atomic mass is 9.76. The topological polar surface area (TPSA) is 18.1 Å². The van der Waals surface area contributed by atoms with Crippen LogP contribution in [0.3, 0.4) is 0 Å². The van der Waals surface area contributed by atoms with Gasteiger partial charge in [-0.1, -0.05) is 127 Å². The molecule has 2 aromatic heterocycles. The van der Waals surface area contributed by atoms with Gasteiger partial charge in [0, 0.05) is 27.2 Å². The Morgan fingerprint density at radius 2 is 0.885 bits per heavy atom. The van der Waals surface area contributed by atoms with Crippen LogP contribution in [-0.2, 0) is 0 Å². The summed E-state index contributed by atoms with van der Waals surface area (Å²) in [4.78, 5) is 0. The first-order valence-electron chi connectivity index (χ1n) is 17.9. The largest absolute Gasteiger partial charge is 0.456 e. The fourth-order valence-electron chi connectivity index (χ4n) is 9.12. The van der Waals surface area contributed by atoms with Crippen molar-refractivity contribution in [2.75, 3.05) is 0 Å². The quantitative estimate of drug-likeness (QED) is 0.173. The van der Waals surface area contributed by atoms with Crippen LogP contribution in [0.15, 0.2) is 180 Å². The van der Waals surface area contributed by atoms with Crippen LogP contribution in [0.1, 0.15) is 0 Å². The number of fused-ring (bicyclic) bond motifs is 12. The van der Waals surface area contributed by atoms with Gasteiger partial charge in [-0.2, -0.15) is 0 Å². The first-order chi connectivity index (χ1) is 25.8. The molecule has 0 unspecified atom stereocenters. The second-order valence-electron chi connectivity index (χ2n) is 14.0. The molecule has 0 aliphatic heterocycles. The Morgan fingerprint density at radius 3 is 1.63 bits per heavy atom. The molecule has 0 saturated heterocycles. The minimum Gasteiger partial charge on any atom is -0.456 e. The molecule has 0 saturated carbocycles. The maximum Gasteiger partial charge on any atom is 0.136 e. The van der Waals surface area contributed by atoms with E-state index in [2.05, 4.69) is 174 Å². The molecule has 0 atom stereocenters. The second kappa shape index (κ2) is 10.3. The summed E-state index contributed by atoms with van der Waals surface area (Å²) in [5.41, 5.74) is 15.6. The number of hydrogen-bond acceptors (Lipinski definition) is 1. The molecule has 0 fully saturated rings. The summed E-state index contributed by atoms with van der Waals surface area (Å²) in [6, 6.07) is 64.2. The molecule has 0 bridgehead atoms. The van der Waals surface area contributed by atoms with E-state index in [-0.39, 0.29) is 0 Å². The van der Waals surface area contributed by atoms with E-state index in [1.54, 1.807) is 0 Å². The normalized spacial score (nSPS) is 12.2. The van der Waals surface area contributed by atoms with Gasteiger partial charge in [0.2, 0.25) is 0 Å². The fraction of sp³-hybridized carbons (Fsp3) is 0. The van der Waals surface area contributed by atoms with Gasteiger partial charge in [-0.15, -0.1) is 0 Å². The Hall–Kier alpha value is -6.90. The average molecular weight is 660 g/mol. The molecule has 0 N–H and O–H groups in total. The Labute approximate surface area is 299 Å². The minimum atomic E-state index is 0.912. The first kappa shape index (κ1) is 27.9. The second-order valence-corrected chi connectivity index (χ2v) is 14.0. The van der Waals surface area contributed by atoms with Gasteiger partial charge in [0.05, 0.1) is 11.0 Å². The van der Waals surface area contributed by atoms with Crippen molar-refractivity contribution >= 4 is 65.3 Å². The number of para-hydroxylation sites is 3. The summed E-state index contributed by atoms with van der Waals surface area (Å²) in [5, 5.41) is 9.87. The van der Waals surface area contributed by atoms with E-state index >= 15 is 0 Å². The molecule has 12 rings (SSSR count). The lowest BCUT2D eigenvalue weighted by Gasteiger charge is -2.28. The van der Waals surface area contributed by atoms with E-state index in [0.717, 1.165) is 21.9 Å². The summed E-state index contributed by atoms with van der Waals surface area (Å²) < 4.78 is 8.84. The van der Waals surface area contributed by atoms with Gasteiger partial charge < -0.3 is 8.98 Å². The Kier molecular flexibility index (Phi) is 5.53. The van der Waals surface area contributed by atoms with Crippen LogP contribution in [0.2, 0.25) is 0 Å². The zero-order chi connectivity index (χ0) is 33.9. The zero-order valence-corrected chi connectivity index (χ0v) is 28.1. The summed E-state index contributed by atoms with van der Waals surface area (Å²) >= 11 is 0. The molecule has 0 radical (unpaired) electrons. The van der Waals surface area contributed by atoms with Crippen LogP contribution in [0, 0.1) is 0 Å². The van der Waals surface area contributed by atoms with Crippen molar-refractivity contribution < 1.29 is 4.42 Å². The molecule has 9 aromatic carbocycles. The van der Waals surface area contributed by atoms with Crippen LogP contribution < -0.4 is 0 Å². The highest BCUT2D eigenvalue weighted by atomic mass is 16.3. The van der Waals surface area contributed by atoms with E-state index in [9.17, 15) is 0 Å². The zero-order valence-electron chi connectivity index (χ0n) is 28.1. The molecule has 0 spiro atoms. The lowest BCUT2D eigenvalue weighted by molar-refractivity contribution is 0.669. The highest BCUT2D eigenvalue weighted by Gasteiger charge is 2.28. The standard InChI is InChI=1S/C50H29NO/c1-2-13-30(14-3-1)48-35-17-4-5-18-36(35)49(38-20-12-24-47-50(38)37-19-8-11-23-46(37)52-47)43-28-40-32-26-25-31(27-39(32)41(40)29-42(43)48)51-44-21-9-6-15-33(44)34-16-7-10-22-45(34)51/h1-29H. The predicted octanol–water partition coefficient (Wildman–Crippen LogP) is 14.0. The number of furan rings is 1. The van der Waals surface area contributed by atoms with Crippen LogP contribution in [-0.4, -0.2) is 4.57 Å². The van der Waals surface area contributed by atoms with Crippen molar-refractivity contribution in [3.05, 3.63) is 176 Å². The summed E-state index contributed by atoms with van der Waals surface area (Å²) in [6.07, 6.45) is 0. The van der Waals surface area contributed by atoms with Gasteiger partial charge in [-0.3, -0.25) is 0 Å². The number of rotatable bonds is 3. The monoisotopic (exact) mass is 659 g/mol. The molecular weight excluding hydrogens is 631 g/mol. The van der Waals surface area contributed by atoms with Gasteiger partial charge in [-0.05, 0) is 115 Å². The third kappa shape index (κ3) is 3.68. The molecule has 1 aliphatic carbocycles. The highest BCUT2D eigenvalue weighted by molar-refractivity contribution is 6.27. The van der Waals surface area contributed by atoms with E-state index < -0.39 is 0 Å². The Balaban J connectivity index is 1.17. The van der Waals surface area contributed by atoms with Gasteiger partial charge in [0.25, 0.3) is 0 Å². The number of nitrogens with zero attached hydrogens (tertiary/aromatic N) is 1. The molecule has 1 aliphatic rings. The maximum atomic E-state index is 6.43. The van der Waals surface area contributed by atoms with Crippen molar-refractivity contribution in [2.24, 2.45) is 0 Å². The smallest absolute Gasteiger partial charge is 0.136 e. The molecule has 2 heterocycles. The van der Waals surface area contributed by atoms with Crippen molar-refractivity contribution in [3.8, 4) is 50.2 Å². The third-order valence-corrected chi connectivity index (χ3v) is 11.3. The lowest BCUT2D eigenvalue weighted by Crippen LogP contribution is -2.03. The van der Waals surface area contributed by atoms with E-state index in [4.69, 9.17) is 4.42 Å². The number of benzene rings is 9. The molecular formula is C50H29NO.